The summed E-state index contributed by atoms with van der Waals surface area (Å²) in [4.78, 5) is 26.3. The highest BCUT2D eigenvalue weighted by Gasteiger charge is 2.34. The van der Waals surface area contributed by atoms with Gasteiger partial charge in [-0.1, -0.05) is 28.1 Å². The molecule has 0 saturated carbocycles. The highest BCUT2D eigenvalue weighted by atomic mass is 79.9. The molecule has 1 heterocycles. The van der Waals surface area contributed by atoms with Crippen molar-refractivity contribution >= 4 is 33.6 Å². The van der Waals surface area contributed by atoms with Gasteiger partial charge in [-0.2, -0.15) is 0 Å². The van der Waals surface area contributed by atoms with Gasteiger partial charge in [-0.3, -0.25) is 4.79 Å². The zero-order valence-corrected chi connectivity index (χ0v) is 16.8. The first-order valence-corrected chi connectivity index (χ1v) is 9.46. The van der Waals surface area contributed by atoms with Gasteiger partial charge in [0.05, 0.1) is 7.11 Å². The van der Waals surface area contributed by atoms with E-state index >= 15 is 0 Å². The van der Waals surface area contributed by atoms with Crippen molar-refractivity contribution in [3.8, 4) is 5.75 Å². The number of hydrogen-bond acceptors (Lipinski definition) is 3. The Balaban J connectivity index is 1.73. The first-order valence-electron chi connectivity index (χ1n) is 8.67. The van der Waals surface area contributed by atoms with Gasteiger partial charge >= 0.3 is 6.03 Å². The van der Waals surface area contributed by atoms with Crippen LogP contribution in [0.15, 0.2) is 53.0 Å². The summed E-state index contributed by atoms with van der Waals surface area (Å²) in [6.07, 6.45) is 0.265. The van der Waals surface area contributed by atoms with Gasteiger partial charge in [0, 0.05) is 42.1 Å². The Hall–Kier alpha value is -2.54. The summed E-state index contributed by atoms with van der Waals surface area (Å²) < 4.78 is 6.15. The van der Waals surface area contributed by atoms with Crippen molar-refractivity contribution in [2.75, 3.05) is 26.0 Å². The normalized spacial score (nSPS) is 19.5. The van der Waals surface area contributed by atoms with Crippen molar-refractivity contribution in [1.82, 2.24) is 10.2 Å². The molecule has 1 aliphatic rings. The molecule has 3 amide bonds. The van der Waals surface area contributed by atoms with Gasteiger partial charge in [0.25, 0.3) is 0 Å². The molecule has 142 valence electrons. The molecular formula is C20H22BrN3O3. The van der Waals surface area contributed by atoms with Crippen LogP contribution in [0.5, 0.6) is 5.75 Å². The number of halogens is 1. The largest absolute Gasteiger partial charge is 0.497 e. The molecule has 0 spiro atoms. The molecule has 1 unspecified atom stereocenters. The second kappa shape index (κ2) is 8.43. The number of methoxy groups -OCH3 is 1. The molecule has 1 aliphatic heterocycles. The summed E-state index contributed by atoms with van der Waals surface area (Å²) in [5, 5.41) is 5.79. The summed E-state index contributed by atoms with van der Waals surface area (Å²) in [6, 6.07) is 14.5. The average Bonchev–Trinajstić information content (AvgIpc) is 2.66. The molecule has 0 radical (unpaired) electrons. The molecule has 0 aromatic heterocycles. The van der Waals surface area contributed by atoms with E-state index in [1.807, 2.05) is 48.5 Å². The fraction of sp³-hybridized carbons (Fsp3) is 0.300. The van der Waals surface area contributed by atoms with E-state index in [-0.39, 0.29) is 30.3 Å². The van der Waals surface area contributed by atoms with Crippen molar-refractivity contribution in [2.24, 2.45) is 0 Å². The van der Waals surface area contributed by atoms with E-state index in [0.717, 1.165) is 15.8 Å². The Bertz CT molecular complexity index is 808. The van der Waals surface area contributed by atoms with Crippen LogP contribution >= 0.6 is 15.9 Å². The minimum atomic E-state index is -0.321. The number of anilines is 1. The minimum absolute atomic E-state index is 0.00859. The topological polar surface area (TPSA) is 70.7 Å². The number of urea groups is 1. The summed E-state index contributed by atoms with van der Waals surface area (Å²) >= 11 is 3.37. The van der Waals surface area contributed by atoms with Gasteiger partial charge in [0.2, 0.25) is 5.91 Å². The van der Waals surface area contributed by atoms with E-state index in [1.54, 1.807) is 19.1 Å². The lowest BCUT2D eigenvalue weighted by atomic mass is 9.86. The second-order valence-electron chi connectivity index (χ2n) is 6.57. The molecule has 1 fully saturated rings. The third-order valence-electron chi connectivity index (χ3n) is 4.74. The molecule has 2 aromatic rings. The molecule has 0 aliphatic carbocycles. The smallest absolute Gasteiger partial charge is 0.319 e. The molecule has 2 aromatic carbocycles. The van der Waals surface area contributed by atoms with Crippen LogP contribution in [-0.2, 0) is 4.79 Å². The van der Waals surface area contributed by atoms with E-state index in [0.29, 0.717) is 12.2 Å². The Kier molecular flexibility index (Phi) is 6.01. The number of piperidine rings is 1. The zero-order valence-electron chi connectivity index (χ0n) is 15.2. The SMILES string of the molecule is COc1ccc(C2CN(C)C(=O)C[C@H]2NC(=O)Nc2ccc(Br)cc2)cc1. The molecule has 7 heteroatoms. The molecule has 6 nitrogen and oxygen atoms in total. The van der Waals surface area contributed by atoms with Crippen LogP contribution in [0, 0.1) is 0 Å². The molecule has 2 atom stereocenters. The van der Waals surface area contributed by atoms with Gasteiger partial charge in [0.1, 0.15) is 5.75 Å². The van der Waals surface area contributed by atoms with Crippen LogP contribution in [0.2, 0.25) is 0 Å². The fourth-order valence-corrected chi connectivity index (χ4v) is 3.48. The number of rotatable bonds is 4. The maximum absolute atomic E-state index is 12.5. The Morgan fingerprint density at radius 2 is 1.81 bits per heavy atom. The van der Waals surface area contributed by atoms with Crippen molar-refractivity contribution < 1.29 is 14.3 Å². The lowest BCUT2D eigenvalue weighted by Gasteiger charge is -2.37. The van der Waals surface area contributed by atoms with Gasteiger partial charge in [0.15, 0.2) is 0 Å². The first-order chi connectivity index (χ1) is 13.0. The summed E-state index contributed by atoms with van der Waals surface area (Å²) in [5.41, 5.74) is 1.75. The number of carbonyl (C=O) groups is 2. The number of likely N-dealkylation sites (tertiary alicyclic amines) is 1. The first kappa shape index (κ1) is 19.2. The zero-order chi connectivity index (χ0) is 19.4. The predicted molar refractivity (Wildman–Crippen MR) is 108 cm³/mol. The van der Waals surface area contributed by atoms with Crippen molar-refractivity contribution in [3.05, 3.63) is 58.6 Å². The average molecular weight is 432 g/mol. The molecule has 0 bridgehead atoms. The number of carbonyl (C=O) groups excluding carboxylic acids is 2. The molecule has 27 heavy (non-hydrogen) atoms. The minimum Gasteiger partial charge on any atom is -0.497 e. The van der Waals surface area contributed by atoms with Gasteiger partial charge < -0.3 is 20.3 Å². The van der Waals surface area contributed by atoms with Crippen LogP contribution in [0.4, 0.5) is 10.5 Å². The number of nitrogens with zero attached hydrogens (tertiary/aromatic N) is 1. The van der Waals surface area contributed by atoms with E-state index in [4.69, 9.17) is 4.74 Å². The van der Waals surface area contributed by atoms with E-state index in [1.165, 1.54) is 0 Å². The second-order valence-corrected chi connectivity index (χ2v) is 7.49. The lowest BCUT2D eigenvalue weighted by molar-refractivity contribution is -0.133. The van der Waals surface area contributed by atoms with Crippen molar-refractivity contribution in [3.63, 3.8) is 0 Å². The predicted octanol–water partition coefficient (Wildman–Crippen LogP) is 3.59. The number of likely N-dealkylation sites (N-methyl/N-ethyl adjacent to an activating group) is 1. The van der Waals surface area contributed by atoms with Gasteiger partial charge in [-0.15, -0.1) is 0 Å². The van der Waals surface area contributed by atoms with Crippen LogP contribution in [0.1, 0.15) is 17.9 Å². The van der Waals surface area contributed by atoms with E-state index in [9.17, 15) is 9.59 Å². The van der Waals surface area contributed by atoms with Gasteiger partial charge in [-0.05, 0) is 42.0 Å². The molecule has 2 N–H and O–H groups in total. The number of benzene rings is 2. The highest BCUT2D eigenvalue weighted by Crippen LogP contribution is 2.29. The summed E-state index contributed by atoms with van der Waals surface area (Å²) in [7, 11) is 3.41. The Labute approximate surface area is 167 Å². The van der Waals surface area contributed by atoms with Crippen LogP contribution in [-0.4, -0.2) is 43.6 Å². The Morgan fingerprint density at radius 1 is 1.15 bits per heavy atom. The highest BCUT2D eigenvalue weighted by molar-refractivity contribution is 9.10. The third kappa shape index (κ3) is 4.80. The monoisotopic (exact) mass is 431 g/mol. The van der Waals surface area contributed by atoms with Gasteiger partial charge in [-0.25, -0.2) is 4.79 Å². The maximum atomic E-state index is 12.5. The van der Waals surface area contributed by atoms with Crippen molar-refractivity contribution in [2.45, 2.75) is 18.4 Å². The van der Waals surface area contributed by atoms with E-state index in [2.05, 4.69) is 26.6 Å². The van der Waals surface area contributed by atoms with Crippen LogP contribution in [0.25, 0.3) is 0 Å². The lowest BCUT2D eigenvalue weighted by Crippen LogP contribution is -2.51. The number of hydrogen-bond donors (Lipinski definition) is 2. The Morgan fingerprint density at radius 3 is 2.44 bits per heavy atom. The number of ether oxygens (including phenoxy) is 1. The molecular weight excluding hydrogens is 410 g/mol. The third-order valence-corrected chi connectivity index (χ3v) is 5.27. The molecule has 1 saturated heterocycles. The van der Waals surface area contributed by atoms with Crippen LogP contribution < -0.4 is 15.4 Å². The number of amides is 3. The fourth-order valence-electron chi connectivity index (χ4n) is 3.22. The summed E-state index contributed by atoms with van der Waals surface area (Å²) in [5.74, 6) is 0.805. The van der Waals surface area contributed by atoms with Crippen molar-refractivity contribution in [1.29, 1.82) is 0 Å². The standard InChI is InChI=1S/C20H22BrN3O3/c1-24-12-17(13-3-9-16(27-2)10-4-13)18(11-19(24)25)23-20(26)22-15-7-5-14(21)6-8-15/h3-10,17-18H,11-12H2,1-2H3,(H2,22,23,26)/t17?,18-/m1/s1. The maximum Gasteiger partial charge on any atom is 0.319 e. The number of nitrogens with one attached hydrogen (secondary N) is 2. The summed E-state index contributed by atoms with van der Waals surface area (Å²) in [6.45, 7) is 0.550. The van der Waals surface area contributed by atoms with E-state index < -0.39 is 0 Å². The quantitative estimate of drug-likeness (QED) is 0.776. The van der Waals surface area contributed by atoms with Crippen LogP contribution in [0.3, 0.4) is 0 Å². The molecule has 3 rings (SSSR count).